The van der Waals surface area contributed by atoms with Gasteiger partial charge in [0.25, 0.3) is 11.5 Å². The van der Waals surface area contributed by atoms with Crippen LogP contribution >= 0.6 is 11.6 Å². The van der Waals surface area contributed by atoms with Crippen molar-refractivity contribution < 1.29 is 9.32 Å². The Kier molecular flexibility index (Phi) is 4.53. The summed E-state index contributed by atoms with van der Waals surface area (Å²) in [5.41, 5.74) is 1.03. The molecular weight excluding hydrogens is 368 g/mol. The van der Waals surface area contributed by atoms with E-state index in [1.807, 2.05) is 30.3 Å². The van der Waals surface area contributed by atoms with Gasteiger partial charge in [-0.3, -0.25) is 9.59 Å². The predicted molar refractivity (Wildman–Crippen MR) is 98.9 cm³/mol. The third-order valence-electron chi connectivity index (χ3n) is 4.80. The highest BCUT2D eigenvalue weighted by atomic mass is 35.5. The lowest BCUT2D eigenvalue weighted by Crippen LogP contribution is -2.29. The zero-order valence-electron chi connectivity index (χ0n) is 14.6. The molecule has 0 saturated carbocycles. The van der Waals surface area contributed by atoms with E-state index in [1.54, 1.807) is 11.8 Å². The summed E-state index contributed by atoms with van der Waals surface area (Å²) in [6.07, 6.45) is 1.39. The maximum absolute atomic E-state index is 12.9. The van der Waals surface area contributed by atoms with Crippen LogP contribution in [0.1, 0.15) is 39.5 Å². The molecule has 3 heterocycles. The van der Waals surface area contributed by atoms with E-state index < -0.39 is 5.56 Å². The van der Waals surface area contributed by atoms with Crippen molar-refractivity contribution >= 4 is 17.5 Å². The number of hydrogen-bond acceptors (Lipinski definition) is 5. The lowest BCUT2D eigenvalue weighted by Gasteiger charge is -2.16. The summed E-state index contributed by atoms with van der Waals surface area (Å²) in [6.45, 7) is 2.72. The minimum absolute atomic E-state index is 0.0104. The zero-order chi connectivity index (χ0) is 19.0. The van der Waals surface area contributed by atoms with Gasteiger partial charge in [-0.1, -0.05) is 47.1 Å². The van der Waals surface area contributed by atoms with Gasteiger partial charge in [0.1, 0.15) is 5.02 Å². The number of halogens is 1. The van der Waals surface area contributed by atoms with Crippen LogP contribution in [0, 0.1) is 6.92 Å². The number of carbonyl (C=O) groups is 1. The molecule has 1 N–H and O–H groups in total. The van der Waals surface area contributed by atoms with Crippen molar-refractivity contribution in [2.45, 2.75) is 18.8 Å². The van der Waals surface area contributed by atoms with Gasteiger partial charge in [0.2, 0.25) is 5.89 Å². The van der Waals surface area contributed by atoms with Crippen molar-refractivity contribution in [3.05, 3.63) is 80.8 Å². The van der Waals surface area contributed by atoms with Crippen LogP contribution < -0.4 is 5.56 Å². The van der Waals surface area contributed by atoms with Crippen molar-refractivity contribution in [1.29, 1.82) is 0 Å². The number of hydrogen-bond donors (Lipinski definition) is 1. The van der Waals surface area contributed by atoms with Crippen LogP contribution in [0.2, 0.25) is 5.02 Å². The molecule has 4 rings (SSSR count). The molecule has 0 spiro atoms. The van der Waals surface area contributed by atoms with E-state index in [0.29, 0.717) is 30.4 Å². The molecule has 1 saturated heterocycles. The molecule has 0 unspecified atom stereocenters. The minimum atomic E-state index is -0.420. The summed E-state index contributed by atoms with van der Waals surface area (Å²) in [7, 11) is 0. The lowest BCUT2D eigenvalue weighted by atomic mass is 9.89. The van der Waals surface area contributed by atoms with Gasteiger partial charge in [0.15, 0.2) is 5.82 Å². The standard InChI is InChI=1S/C19H17ClN4O3/c1-11-22-18(27-23-11)15-10-24(9-14(15)12-5-3-2-4-6-12)19(26)13-7-16(20)17(25)21-8-13/h2-8,14-15H,9-10H2,1H3,(H,21,25)/t14-,15+/m1/s1. The molecule has 1 fully saturated rings. The number of amides is 1. The normalized spacial score (nSPS) is 19.4. The summed E-state index contributed by atoms with van der Waals surface area (Å²) < 4.78 is 5.40. The molecule has 0 radical (unpaired) electrons. The van der Waals surface area contributed by atoms with Gasteiger partial charge in [-0.25, -0.2) is 0 Å². The average molecular weight is 385 g/mol. The molecule has 1 aliphatic rings. The number of aromatic amines is 1. The van der Waals surface area contributed by atoms with E-state index in [-0.39, 0.29) is 22.8 Å². The van der Waals surface area contributed by atoms with Crippen molar-refractivity contribution in [2.75, 3.05) is 13.1 Å². The zero-order valence-corrected chi connectivity index (χ0v) is 15.3. The van der Waals surface area contributed by atoms with Crippen LogP contribution in [0.15, 0.2) is 51.9 Å². The second kappa shape index (κ2) is 7.00. The van der Waals surface area contributed by atoms with E-state index >= 15 is 0 Å². The molecule has 0 aliphatic carbocycles. The SMILES string of the molecule is Cc1noc([C@H]2CN(C(=O)c3c[nH]c(=O)c(Cl)c3)C[C@@H]2c2ccccc2)n1. The largest absolute Gasteiger partial charge is 0.339 e. The summed E-state index contributed by atoms with van der Waals surface area (Å²) >= 11 is 5.87. The first kappa shape index (κ1) is 17.5. The number of likely N-dealkylation sites (tertiary alicyclic amines) is 1. The molecule has 8 heteroatoms. The highest BCUT2D eigenvalue weighted by molar-refractivity contribution is 6.30. The van der Waals surface area contributed by atoms with Gasteiger partial charge in [0.05, 0.1) is 11.5 Å². The second-order valence-electron chi connectivity index (χ2n) is 6.58. The van der Waals surface area contributed by atoms with E-state index in [0.717, 1.165) is 5.56 Å². The fourth-order valence-corrected chi connectivity index (χ4v) is 3.66. The molecule has 3 aromatic rings. The molecular formula is C19H17ClN4O3. The predicted octanol–water partition coefficient (Wildman–Crippen LogP) is 2.74. The van der Waals surface area contributed by atoms with Crippen molar-refractivity contribution in [3.63, 3.8) is 0 Å². The Hall–Kier alpha value is -2.93. The molecule has 0 bridgehead atoms. The van der Waals surface area contributed by atoms with Crippen molar-refractivity contribution in [2.24, 2.45) is 0 Å². The van der Waals surface area contributed by atoms with E-state index in [4.69, 9.17) is 16.1 Å². The number of aryl methyl sites for hydroxylation is 1. The molecule has 7 nitrogen and oxygen atoms in total. The maximum atomic E-state index is 12.9. The Labute approximate surface area is 160 Å². The first-order valence-corrected chi connectivity index (χ1v) is 8.93. The Morgan fingerprint density at radius 2 is 2.00 bits per heavy atom. The van der Waals surface area contributed by atoms with Crippen LogP contribution in [0.5, 0.6) is 0 Å². The van der Waals surface area contributed by atoms with E-state index in [2.05, 4.69) is 15.1 Å². The molecule has 1 amide bonds. The van der Waals surface area contributed by atoms with Crippen LogP contribution in [0.4, 0.5) is 0 Å². The van der Waals surface area contributed by atoms with Crippen molar-refractivity contribution in [1.82, 2.24) is 20.0 Å². The Bertz CT molecular complexity index is 1030. The number of H-pyrrole nitrogens is 1. The first-order valence-electron chi connectivity index (χ1n) is 8.55. The monoisotopic (exact) mass is 384 g/mol. The van der Waals surface area contributed by atoms with Gasteiger partial charge in [-0.15, -0.1) is 0 Å². The number of nitrogens with zero attached hydrogens (tertiary/aromatic N) is 3. The number of rotatable bonds is 3. The van der Waals surface area contributed by atoms with Gasteiger partial charge in [-0.05, 0) is 18.6 Å². The fraction of sp³-hybridized carbons (Fsp3) is 0.263. The third-order valence-corrected chi connectivity index (χ3v) is 5.08. The quantitative estimate of drug-likeness (QED) is 0.749. The number of benzene rings is 1. The number of aromatic nitrogens is 3. The highest BCUT2D eigenvalue weighted by Gasteiger charge is 2.40. The molecule has 138 valence electrons. The third kappa shape index (κ3) is 3.38. The summed E-state index contributed by atoms with van der Waals surface area (Å²) in [4.78, 5) is 33.0. The summed E-state index contributed by atoms with van der Waals surface area (Å²) in [5, 5.41) is 3.88. The average Bonchev–Trinajstić information content (AvgIpc) is 3.30. The summed E-state index contributed by atoms with van der Waals surface area (Å²) in [6, 6.07) is 11.4. The van der Waals surface area contributed by atoms with Gasteiger partial charge in [-0.2, -0.15) is 4.98 Å². The molecule has 1 aliphatic heterocycles. The molecule has 2 atom stereocenters. The molecule has 27 heavy (non-hydrogen) atoms. The first-order chi connectivity index (χ1) is 13.0. The Morgan fingerprint density at radius 3 is 2.67 bits per heavy atom. The van der Waals surface area contributed by atoms with E-state index in [1.165, 1.54) is 12.3 Å². The second-order valence-corrected chi connectivity index (χ2v) is 6.99. The lowest BCUT2D eigenvalue weighted by molar-refractivity contribution is 0.0787. The fourth-order valence-electron chi connectivity index (χ4n) is 3.48. The number of pyridine rings is 1. The van der Waals surface area contributed by atoms with Crippen LogP contribution in [0.25, 0.3) is 0 Å². The Balaban J connectivity index is 1.66. The molecule has 2 aromatic heterocycles. The van der Waals surface area contributed by atoms with Crippen molar-refractivity contribution in [3.8, 4) is 0 Å². The summed E-state index contributed by atoms with van der Waals surface area (Å²) in [5.74, 6) is 0.821. The highest BCUT2D eigenvalue weighted by Crippen LogP contribution is 2.39. The van der Waals surface area contributed by atoms with Crippen LogP contribution in [0.3, 0.4) is 0 Å². The Morgan fingerprint density at radius 1 is 1.26 bits per heavy atom. The maximum Gasteiger partial charge on any atom is 0.266 e. The topological polar surface area (TPSA) is 92.1 Å². The van der Waals surface area contributed by atoms with Crippen LogP contribution in [-0.2, 0) is 0 Å². The smallest absolute Gasteiger partial charge is 0.266 e. The minimum Gasteiger partial charge on any atom is -0.339 e. The van der Waals surface area contributed by atoms with Gasteiger partial charge in [0, 0.05) is 25.2 Å². The van der Waals surface area contributed by atoms with Crippen LogP contribution in [-0.4, -0.2) is 39.0 Å². The van der Waals surface area contributed by atoms with Gasteiger partial charge >= 0.3 is 0 Å². The van der Waals surface area contributed by atoms with E-state index in [9.17, 15) is 9.59 Å². The molecule has 1 aromatic carbocycles. The number of nitrogens with one attached hydrogen (secondary N) is 1. The number of carbonyl (C=O) groups excluding carboxylic acids is 1. The van der Waals surface area contributed by atoms with Gasteiger partial charge < -0.3 is 14.4 Å².